The standard InChI is InChI=1S/C12H19N5O2/c1-8(2)10(11(13)15-19)12(18)17-6-5-16-4-3-14-9(16)7-17/h3-4,8,10,19H,5-7H2,1-2H3,(H2,13,15). The van der Waals surface area contributed by atoms with E-state index in [1.165, 1.54) is 0 Å². The van der Waals surface area contributed by atoms with E-state index in [4.69, 9.17) is 10.9 Å². The molecule has 2 heterocycles. The van der Waals surface area contributed by atoms with Crippen molar-refractivity contribution in [2.75, 3.05) is 6.54 Å². The summed E-state index contributed by atoms with van der Waals surface area (Å²) in [5.74, 6) is 0.103. The summed E-state index contributed by atoms with van der Waals surface area (Å²) in [5, 5.41) is 11.8. The monoisotopic (exact) mass is 265 g/mol. The smallest absolute Gasteiger partial charge is 0.234 e. The second kappa shape index (κ2) is 5.29. The molecule has 0 radical (unpaired) electrons. The molecular weight excluding hydrogens is 246 g/mol. The van der Waals surface area contributed by atoms with Crippen LogP contribution in [0.25, 0.3) is 0 Å². The lowest BCUT2D eigenvalue weighted by Crippen LogP contribution is -2.47. The second-order valence-corrected chi connectivity index (χ2v) is 5.04. The maximum Gasteiger partial charge on any atom is 0.234 e. The van der Waals surface area contributed by atoms with Crippen molar-refractivity contribution in [1.82, 2.24) is 14.5 Å². The number of nitrogens with two attached hydrogens (primary N) is 1. The number of nitrogens with zero attached hydrogens (tertiary/aromatic N) is 4. The molecule has 0 aliphatic carbocycles. The van der Waals surface area contributed by atoms with Gasteiger partial charge in [-0.3, -0.25) is 4.79 Å². The molecule has 1 aliphatic rings. The van der Waals surface area contributed by atoms with Crippen LogP contribution in [0.5, 0.6) is 0 Å². The third-order valence-corrected chi connectivity index (χ3v) is 3.42. The molecule has 2 rings (SSSR count). The fourth-order valence-corrected chi connectivity index (χ4v) is 2.37. The van der Waals surface area contributed by atoms with Crippen LogP contribution >= 0.6 is 0 Å². The summed E-state index contributed by atoms with van der Waals surface area (Å²) in [5.41, 5.74) is 5.63. The first kappa shape index (κ1) is 13.4. The van der Waals surface area contributed by atoms with E-state index in [1.807, 2.05) is 24.6 Å². The average molecular weight is 265 g/mol. The van der Waals surface area contributed by atoms with Gasteiger partial charge in [-0.15, -0.1) is 0 Å². The number of hydrogen-bond donors (Lipinski definition) is 2. The van der Waals surface area contributed by atoms with Crippen molar-refractivity contribution < 1.29 is 10.0 Å². The minimum atomic E-state index is -0.591. The van der Waals surface area contributed by atoms with Gasteiger partial charge in [0.15, 0.2) is 5.84 Å². The number of fused-ring (bicyclic) bond motifs is 1. The van der Waals surface area contributed by atoms with Crippen LogP contribution in [0.4, 0.5) is 0 Å². The molecule has 7 nitrogen and oxygen atoms in total. The van der Waals surface area contributed by atoms with E-state index in [9.17, 15) is 4.79 Å². The molecule has 0 spiro atoms. The highest BCUT2D eigenvalue weighted by atomic mass is 16.4. The minimum absolute atomic E-state index is 0.0231. The number of hydrogen-bond acceptors (Lipinski definition) is 4. The molecule has 0 aromatic carbocycles. The zero-order chi connectivity index (χ0) is 14.0. The lowest BCUT2D eigenvalue weighted by Gasteiger charge is -2.31. The Hall–Kier alpha value is -2.05. The summed E-state index contributed by atoms with van der Waals surface area (Å²) in [7, 11) is 0. The molecule has 1 aromatic heterocycles. The van der Waals surface area contributed by atoms with E-state index in [0.717, 1.165) is 12.4 Å². The third kappa shape index (κ3) is 2.54. The van der Waals surface area contributed by atoms with Crippen molar-refractivity contribution in [3.05, 3.63) is 18.2 Å². The topological polar surface area (TPSA) is 96.7 Å². The average Bonchev–Trinajstić information content (AvgIpc) is 2.85. The Morgan fingerprint density at radius 3 is 2.89 bits per heavy atom. The first-order valence-corrected chi connectivity index (χ1v) is 6.30. The van der Waals surface area contributed by atoms with Crippen LogP contribution in [-0.2, 0) is 17.9 Å². The van der Waals surface area contributed by atoms with Crippen LogP contribution in [0, 0.1) is 11.8 Å². The number of carbonyl (C=O) groups excluding carboxylic acids is 1. The number of carbonyl (C=O) groups is 1. The molecule has 1 atom stereocenters. The van der Waals surface area contributed by atoms with E-state index in [2.05, 4.69) is 10.1 Å². The summed E-state index contributed by atoms with van der Waals surface area (Å²) in [6.45, 7) is 5.57. The molecule has 104 valence electrons. The third-order valence-electron chi connectivity index (χ3n) is 3.42. The van der Waals surface area contributed by atoms with Crippen molar-refractivity contribution in [2.24, 2.45) is 22.7 Å². The Morgan fingerprint density at radius 1 is 1.53 bits per heavy atom. The zero-order valence-electron chi connectivity index (χ0n) is 11.2. The Balaban J connectivity index is 2.16. The normalized spacial score (nSPS) is 17.4. The van der Waals surface area contributed by atoms with Gasteiger partial charge in [-0.2, -0.15) is 0 Å². The number of oxime groups is 1. The molecule has 1 unspecified atom stereocenters. The van der Waals surface area contributed by atoms with Crippen molar-refractivity contribution in [2.45, 2.75) is 26.9 Å². The van der Waals surface area contributed by atoms with Gasteiger partial charge in [-0.1, -0.05) is 19.0 Å². The van der Waals surface area contributed by atoms with Gasteiger partial charge in [0.2, 0.25) is 5.91 Å². The Morgan fingerprint density at radius 2 is 2.26 bits per heavy atom. The summed E-state index contributed by atoms with van der Waals surface area (Å²) >= 11 is 0. The van der Waals surface area contributed by atoms with Crippen molar-refractivity contribution in [3.63, 3.8) is 0 Å². The van der Waals surface area contributed by atoms with E-state index < -0.39 is 5.92 Å². The van der Waals surface area contributed by atoms with Gasteiger partial charge in [-0.25, -0.2) is 4.98 Å². The zero-order valence-corrected chi connectivity index (χ0v) is 11.2. The summed E-state index contributed by atoms with van der Waals surface area (Å²) < 4.78 is 2.03. The van der Waals surface area contributed by atoms with Gasteiger partial charge in [0.05, 0.1) is 6.54 Å². The molecule has 7 heteroatoms. The molecule has 0 saturated heterocycles. The molecule has 1 amide bonds. The Bertz CT molecular complexity index is 494. The SMILES string of the molecule is CC(C)C(C(=O)N1CCn2ccnc2C1)C(N)=NO. The predicted octanol–water partition coefficient (Wildman–Crippen LogP) is 0.244. The molecule has 19 heavy (non-hydrogen) atoms. The molecule has 3 N–H and O–H groups in total. The number of rotatable bonds is 3. The highest BCUT2D eigenvalue weighted by Gasteiger charge is 2.32. The number of aromatic nitrogens is 2. The Labute approximate surface area is 111 Å². The molecule has 0 fully saturated rings. The van der Waals surface area contributed by atoms with Gasteiger partial charge in [0.25, 0.3) is 0 Å². The van der Waals surface area contributed by atoms with Crippen LogP contribution in [0.15, 0.2) is 17.5 Å². The summed E-state index contributed by atoms with van der Waals surface area (Å²) in [6, 6.07) is 0. The van der Waals surface area contributed by atoms with Crippen LogP contribution in [0.3, 0.4) is 0 Å². The fourth-order valence-electron chi connectivity index (χ4n) is 2.37. The number of imidazole rings is 1. The van der Waals surface area contributed by atoms with Crippen molar-refractivity contribution in [1.29, 1.82) is 0 Å². The maximum absolute atomic E-state index is 12.5. The van der Waals surface area contributed by atoms with Gasteiger partial charge < -0.3 is 20.4 Å². The molecule has 0 bridgehead atoms. The van der Waals surface area contributed by atoms with Gasteiger partial charge >= 0.3 is 0 Å². The summed E-state index contributed by atoms with van der Waals surface area (Å²) in [6.07, 6.45) is 3.63. The fraction of sp³-hybridized carbons (Fsp3) is 0.583. The first-order chi connectivity index (χ1) is 9.04. The van der Waals surface area contributed by atoms with E-state index in [1.54, 1.807) is 11.1 Å². The molecular formula is C12H19N5O2. The van der Waals surface area contributed by atoms with E-state index in [0.29, 0.717) is 13.1 Å². The van der Waals surface area contributed by atoms with Gasteiger partial charge in [-0.05, 0) is 5.92 Å². The van der Waals surface area contributed by atoms with Crippen LogP contribution in [0.2, 0.25) is 0 Å². The van der Waals surface area contributed by atoms with Crippen LogP contribution in [0.1, 0.15) is 19.7 Å². The first-order valence-electron chi connectivity index (χ1n) is 6.30. The van der Waals surface area contributed by atoms with E-state index in [-0.39, 0.29) is 17.7 Å². The van der Waals surface area contributed by atoms with E-state index >= 15 is 0 Å². The predicted molar refractivity (Wildman–Crippen MR) is 69.4 cm³/mol. The van der Waals surface area contributed by atoms with Crippen molar-refractivity contribution >= 4 is 11.7 Å². The van der Waals surface area contributed by atoms with Gasteiger partial charge in [0, 0.05) is 25.5 Å². The number of amidine groups is 1. The van der Waals surface area contributed by atoms with Gasteiger partial charge in [0.1, 0.15) is 11.7 Å². The van der Waals surface area contributed by atoms with Crippen LogP contribution in [-0.4, -0.2) is 37.9 Å². The second-order valence-electron chi connectivity index (χ2n) is 5.04. The lowest BCUT2D eigenvalue weighted by atomic mass is 9.93. The largest absolute Gasteiger partial charge is 0.409 e. The molecule has 1 aliphatic heterocycles. The maximum atomic E-state index is 12.5. The quantitative estimate of drug-likeness (QED) is 0.354. The highest BCUT2D eigenvalue weighted by Crippen LogP contribution is 2.18. The molecule has 1 aromatic rings. The number of amides is 1. The minimum Gasteiger partial charge on any atom is -0.409 e. The summed E-state index contributed by atoms with van der Waals surface area (Å²) in [4.78, 5) is 18.4. The Kier molecular flexibility index (Phi) is 3.73. The lowest BCUT2D eigenvalue weighted by molar-refractivity contribution is -0.136. The molecule has 0 saturated carbocycles. The van der Waals surface area contributed by atoms with Crippen LogP contribution < -0.4 is 5.73 Å². The highest BCUT2D eigenvalue weighted by molar-refractivity contribution is 6.02. The van der Waals surface area contributed by atoms with Crippen molar-refractivity contribution in [3.8, 4) is 0 Å².